The van der Waals surface area contributed by atoms with E-state index in [1.165, 1.54) is 0 Å². The number of hydrogen-bond donors (Lipinski definition) is 0. The highest BCUT2D eigenvalue weighted by Crippen LogP contribution is 2.31. The third-order valence-corrected chi connectivity index (χ3v) is 3.07. The molecule has 0 spiro atoms. The lowest BCUT2D eigenvalue weighted by Gasteiger charge is -2.15. The minimum atomic E-state index is 0.179. The zero-order valence-corrected chi connectivity index (χ0v) is 11.4. The fraction of sp³-hybridized carbons (Fsp3) is 0.400. The van der Waals surface area contributed by atoms with E-state index in [1.807, 2.05) is 12.1 Å². The summed E-state index contributed by atoms with van der Waals surface area (Å²) < 4.78 is 7.62. The Hall–Kier alpha value is -1.77. The predicted molar refractivity (Wildman–Crippen MR) is 73.3 cm³/mol. The van der Waals surface area contributed by atoms with Gasteiger partial charge in [-0.1, -0.05) is 12.1 Å². The van der Waals surface area contributed by atoms with Gasteiger partial charge in [-0.05, 0) is 32.9 Å². The smallest absolute Gasteiger partial charge is 0.143 e. The number of benzene rings is 1. The van der Waals surface area contributed by atoms with Crippen LogP contribution in [0.3, 0.4) is 0 Å². The van der Waals surface area contributed by atoms with Crippen molar-refractivity contribution in [3.63, 3.8) is 0 Å². The van der Waals surface area contributed by atoms with Crippen LogP contribution in [-0.2, 0) is 11.2 Å². The van der Waals surface area contributed by atoms with Crippen molar-refractivity contribution in [2.75, 3.05) is 7.11 Å². The molecule has 2 aromatic rings. The lowest BCUT2D eigenvalue weighted by Crippen LogP contribution is -2.09. The van der Waals surface area contributed by atoms with Gasteiger partial charge in [0, 0.05) is 23.5 Å². The summed E-state index contributed by atoms with van der Waals surface area (Å²) in [6.07, 6.45) is 0.468. The van der Waals surface area contributed by atoms with Crippen LogP contribution in [0.5, 0.6) is 5.75 Å². The first-order valence-electron chi connectivity index (χ1n) is 6.21. The van der Waals surface area contributed by atoms with Crippen LogP contribution in [0, 0.1) is 0 Å². The maximum absolute atomic E-state index is 11.4. The minimum absolute atomic E-state index is 0.179. The predicted octanol–water partition coefficient (Wildman–Crippen LogP) is 3.36. The number of ether oxygens (including phenoxy) is 1. The van der Waals surface area contributed by atoms with Crippen LogP contribution in [0.1, 0.15) is 32.5 Å². The van der Waals surface area contributed by atoms with Crippen LogP contribution in [0.2, 0.25) is 0 Å². The third-order valence-electron chi connectivity index (χ3n) is 3.07. The van der Waals surface area contributed by atoms with Gasteiger partial charge in [-0.3, -0.25) is 4.79 Å². The standard InChI is InChI=1S/C15H19NO2/c1-10(2)16-13(8-11(3)17)9-12-6-5-7-14(18-4)15(12)16/h5-7,9-10H,8H2,1-4H3. The van der Waals surface area contributed by atoms with Crippen LogP contribution in [0.25, 0.3) is 10.9 Å². The molecule has 3 nitrogen and oxygen atoms in total. The van der Waals surface area contributed by atoms with Gasteiger partial charge in [0.15, 0.2) is 0 Å². The normalized spacial score (nSPS) is 11.2. The zero-order chi connectivity index (χ0) is 13.3. The molecular formula is C15H19NO2. The fourth-order valence-electron chi connectivity index (χ4n) is 2.45. The summed E-state index contributed by atoms with van der Waals surface area (Å²) in [5.74, 6) is 1.04. The van der Waals surface area contributed by atoms with Crippen molar-refractivity contribution >= 4 is 16.7 Å². The number of aromatic nitrogens is 1. The maximum Gasteiger partial charge on any atom is 0.143 e. The van der Waals surface area contributed by atoms with Gasteiger partial charge in [0.05, 0.1) is 12.6 Å². The van der Waals surface area contributed by atoms with Crippen molar-refractivity contribution in [1.29, 1.82) is 0 Å². The first-order valence-corrected chi connectivity index (χ1v) is 6.21. The molecule has 0 radical (unpaired) electrons. The number of rotatable bonds is 4. The Morgan fingerprint density at radius 1 is 1.39 bits per heavy atom. The molecule has 1 heterocycles. The summed E-state index contributed by atoms with van der Waals surface area (Å²) in [4.78, 5) is 11.4. The van der Waals surface area contributed by atoms with Crippen molar-refractivity contribution in [3.8, 4) is 5.75 Å². The molecule has 0 bridgehead atoms. The van der Waals surface area contributed by atoms with Gasteiger partial charge < -0.3 is 9.30 Å². The number of fused-ring (bicyclic) bond motifs is 1. The molecule has 0 unspecified atom stereocenters. The fourth-order valence-corrected chi connectivity index (χ4v) is 2.45. The Kier molecular flexibility index (Phi) is 3.41. The van der Waals surface area contributed by atoms with E-state index in [9.17, 15) is 4.79 Å². The maximum atomic E-state index is 11.4. The van der Waals surface area contributed by atoms with Crippen LogP contribution < -0.4 is 4.74 Å². The first-order chi connectivity index (χ1) is 8.54. The Bertz CT molecular complexity index is 581. The van der Waals surface area contributed by atoms with E-state index in [4.69, 9.17) is 4.74 Å². The Morgan fingerprint density at radius 3 is 2.67 bits per heavy atom. The molecule has 96 valence electrons. The quantitative estimate of drug-likeness (QED) is 0.827. The van der Waals surface area contributed by atoms with Crippen molar-refractivity contribution in [2.24, 2.45) is 0 Å². The van der Waals surface area contributed by atoms with E-state index in [0.29, 0.717) is 12.5 Å². The van der Waals surface area contributed by atoms with Gasteiger partial charge in [0.25, 0.3) is 0 Å². The van der Waals surface area contributed by atoms with Gasteiger partial charge >= 0.3 is 0 Å². The zero-order valence-electron chi connectivity index (χ0n) is 11.4. The number of nitrogens with zero attached hydrogens (tertiary/aromatic N) is 1. The Morgan fingerprint density at radius 2 is 2.11 bits per heavy atom. The van der Waals surface area contributed by atoms with Crippen molar-refractivity contribution in [1.82, 2.24) is 4.57 Å². The molecular weight excluding hydrogens is 226 g/mol. The number of carbonyl (C=O) groups is 1. The summed E-state index contributed by atoms with van der Waals surface area (Å²) in [7, 11) is 1.68. The molecule has 0 aliphatic carbocycles. The highest BCUT2D eigenvalue weighted by molar-refractivity contribution is 5.89. The second kappa shape index (κ2) is 4.84. The first kappa shape index (κ1) is 12.7. The monoisotopic (exact) mass is 245 g/mol. The summed E-state index contributed by atoms with van der Waals surface area (Å²) >= 11 is 0. The van der Waals surface area contributed by atoms with Crippen LogP contribution in [0.15, 0.2) is 24.3 Å². The van der Waals surface area contributed by atoms with Crippen molar-refractivity contribution in [2.45, 2.75) is 33.2 Å². The molecule has 0 atom stereocenters. The highest BCUT2D eigenvalue weighted by atomic mass is 16.5. The molecule has 0 saturated heterocycles. The number of hydrogen-bond acceptors (Lipinski definition) is 2. The van der Waals surface area contributed by atoms with Gasteiger partial charge in [-0.2, -0.15) is 0 Å². The molecule has 0 amide bonds. The number of carbonyl (C=O) groups excluding carboxylic acids is 1. The van der Waals surface area contributed by atoms with Crippen LogP contribution in [0.4, 0.5) is 0 Å². The molecule has 18 heavy (non-hydrogen) atoms. The van der Waals surface area contributed by atoms with Crippen LogP contribution >= 0.6 is 0 Å². The average Bonchev–Trinajstić information content (AvgIpc) is 2.65. The third kappa shape index (κ3) is 2.13. The molecule has 1 aromatic heterocycles. The number of ketones is 1. The molecule has 0 aliphatic heterocycles. The molecule has 2 rings (SSSR count). The Labute approximate surface area is 107 Å². The molecule has 0 saturated carbocycles. The molecule has 0 aliphatic rings. The lowest BCUT2D eigenvalue weighted by atomic mass is 10.2. The SMILES string of the molecule is COc1cccc2cc(CC(C)=O)n(C(C)C)c12. The highest BCUT2D eigenvalue weighted by Gasteiger charge is 2.15. The van der Waals surface area contributed by atoms with Crippen LogP contribution in [-0.4, -0.2) is 17.5 Å². The lowest BCUT2D eigenvalue weighted by molar-refractivity contribution is -0.116. The largest absolute Gasteiger partial charge is 0.495 e. The van der Waals surface area contributed by atoms with Crippen molar-refractivity contribution < 1.29 is 9.53 Å². The molecule has 3 heteroatoms. The second-order valence-electron chi connectivity index (χ2n) is 4.88. The molecule has 1 aromatic carbocycles. The van der Waals surface area contributed by atoms with Crippen molar-refractivity contribution in [3.05, 3.63) is 30.0 Å². The number of para-hydroxylation sites is 1. The van der Waals surface area contributed by atoms with Gasteiger partial charge in [-0.25, -0.2) is 0 Å². The van der Waals surface area contributed by atoms with Gasteiger partial charge in [0.1, 0.15) is 11.5 Å². The summed E-state index contributed by atoms with van der Waals surface area (Å²) in [6, 6.07) is 8.37. The van der Waals surface area contributed by atoms with E-state index in [1.54, 1.807) is 14.0 Å². The summed E-state index contributed by atoms with van der Waals surface area (Å²) in [6.45, 7) is 5.87. The topological polar surface area (TPSA) is 31.2 Å². The van der Waals surface area contributed by atoms with E-state index in [2.05, 4.69) is 30.5 Å². The van der Waals surface area contributed by atoms with E-state index in [0.717, 1.165) is 22.3 Å². The van der Waals surface area contributed by atoms with Gasteiger partial charge in [0.2, 0.25) is 0 Å². The van der Waals surface area contributed by atoms with E-state index in [-0.39, 0.29) is 5.78 Å². The minimum Gasteiger partial charge on any atom is -0.495 e. The van der Waals surface area contributed by atoms with E-state index >= 15 is 0 Å². The number of Topliss-reactive ketones (excluding diaryl/α,β-unsaturated/α-hetero) is 1. The van der Waals surface area contributed by atoms with Gasteiger partial charge in [-0.15, -0.1) is 0 Å². The second-order valence-corrected chi connectivity index (χ2v) is 4.88. The molecule has 0 fully saturated rings. The molecule has 0 N–H and O–H groups in total. The summed E-state index contributed by atoms with van der Waals surface area (Å²) in [5.41, 5.74) is 2.13. The number of methoxy groups -OCH3 is 1. The Balaban J connectivity index is 2.72. The average molecular weight is 245 g/mol. The summed E-state index contributed by atoms with van der Waals surface area (Å²) in [5, 5.41) is 1.12. The van der Waals surface area contributed by atoms with E-state index < -0.39 is 0 Å².